The summed E-state index contributed by atoms with van der Waals surface area (Å²) in [4.78, 5) is 12.1. The average molecular weight is 481 g/mol. The first-order chi connectivity index (χ1) is 14.2. The maximum Gasteiger partial charge on any atom is 0.416 e. The molecule has 0 heterocycles. The lowest BCUT2D eigenvalue weighted by atomic mass is 10.0. The summed E-state index contributed by atoms with van der Waals surface area (Å²) in [6.07, 6.45) is -4.28. The highest BCUT2D eigenvalue weighted by atomic mass is 79.9. The quantitative estimate of drug-likeness (QED) is 0.216. The predicted molar refractivity (Wildman–Crippen MR) is 109 cm³/mol. The zero-order valence-corrected chi connectivity index (χ0v) is 17.2. The number of halogens is 5. The molecule has 0 aliphatic rings. The smallest absolute Gasteiger partial charge is 0.416 e. The van der Waals surface area contributed by atoms with E-state index in [0.29, 0.717) is 5.56 Å². The van der Waals surface area contributed by atoms with Gasteiger partial charge in [0.05, 0.1) is 16.0 Å². The van der Waals surface area contributed by atoms with Crippen molar-refractivity contribution < 1.29 is 27.1 Å². The third-order valence-corrected chi connectivity index (χ3v) is 5.16. The molecule has 0 amide bonds. The number of carbonyl (C=O) groups is 1. The van der Waals surface area contributed by atoms with E-state index in [1.165, 1.54) is 24.3 Å². The second-order valence-corrected chi connectivity index (χ2v) is 7.75. The summed E-state index contributed by atoms with van der Waals surface area (Å²) in [5.41, 5.74) is 0.742. The minimum atomic E-state index is -4.42. The largest absolute Gasteiger partial charge is 0.488 e. The molecule has 7 heteroatoms. The fraction of sp³-hybridized carbons (Fsp3) is 0.174. The van der Waals surface area contributed by atoms with Gasteiger partial charge in [0.2, 0.25) is 0 Å². The van der Waals surface area contributed by atoms with E-state index in [9.17, 15) is 22.4 Å². The Morgan fingerprint density at radius 3 is 2.23 bits per heavy atom. The molecule has 3 aromatic carbocycles. The summed E-state index contributed by atoms with van der Waals surface area (Å²) in [5.74, 6) is -0.765. The first-order valence-electron chi connectivity index (χ1n) is 9.05. The summed E-state index contributed by atoms with van der Waals surface area (Å²) in [5, 5.41) is 0. The van der Waals surface area contributed by atoms with Crippen LogP contribution in [0.2, 0.25) is 0 Å². The Hall–Kier alpha value is -2.67. The topological polar surface area (TPSA) is 26.3 Å². The summed E-state index contributed by atoms with van der Waals surface area (Å²) in [6, 6.07) is 17.6. The van der Waals surface area contributed by atoms with E-state index in [1.807, 2.05) is 30.3 Å². The van der Waals surface area contributed by atoms with Gasteiger partial charge in [0.25, 0.3) is 0 Å². The second-order valence-electron chi connectivity index (χ2n) is 6.65. The molecule has 0 bridgehead atoms. The second kappa shape index (κ2) is 9.43. The zero-order chi connectivity index (χ0) is 21.7. The van der Waals surface area contributed by atoms with E-state index in [4.69, 9.17) is 4.74 Å². The van der Waals surface area contributed by atoms with Gasteiger partial charge in [-0.2, -0.15) is 13.2 Å². The highest BCUT2D eigenvalue weighted by molar-refractivity contribution is 9.10. The molecule has 0 aliphatic carbocycles. The molecule has 0 saturated carbocycles. The molecule has 0 aromatic heterocycles. The van der Waals surface area contributed by atoms with Gasteiger partial charge in [0, 0.05) is 0 Å². The van der Waals surface area contributed by atoms with Crippen molar-refractivity contribution in [3.8, 4) is 5.75 Å². The van der Waals surface area contributed by atoms with E-state index < -0.39 is 28.2 Å². The van der Waals surface area contributed by atoms with Crippen molar-refractivity contribution >= 4 is 21.7 Å². The van der Waals surface area contributed by atoms with Crippen LogP contribution in [0.25, 0.3) is 0 Å². The van der Waals surface area contributed by atoms with Gasteiger partial charge in [-0.15, -0.1) is 0 Å². The van der Waals surface area contributed by atoms with Crippen LogP contribution in [0.4, 0.5) is 17.6 Å². The van der Waals surface area contributed by atoms with Gasteiger partial charge in [-0.25, -0.2) is 4.39 Å². The van der Waals surface area contributed by atoms with Crippen molar-refractivity contribution in [3.63, 3.8) is 0 Å². The minimum absolute atomic E-state index is 0.0692. The predicted octanol–water partition coefficient (Wildman–Crippen LogP) is 6.61. The Bertz CT molecular complexity index is 1000. The van der Waals surface area contributed by atoms with E-state index in [0.717, 1.165) is 23.8 Å². The van der Waals surface area contributed by atoms with Gasteiger partial charge in [0.1, 0.15) is 18.2 Å². The summed E-state index contributed by atoms with van der Waals surface area (Å²) >= 11 is 3.28. The van der Waals surface area contributed by atoms with E-state index in [1.54, 1.807) is 0 Å². The van der Waals surface area contributed by atoms with Crippen molar-refractivity contribution in [2.24, 2.45) is 0 Å². The molecule has 0 unspecified atom stereocenters. The Labute approximate surface area is 179 Å². The van der Waals surface area contributed by atoms with Crippen molar-refractivity contribution in [1.82, 2.24) is 0 Å². The fourth-order valence-electron chi connectivity index (χ4n) is 2.85. The average Bonchev–Trinajstić information content (AvgIpc) is 2.72. The highest BCUT2D eigenvalue weighted by Gasteiger charge is 2.30. The van der Waals surface area contributed by atoms with Gasteiger partial charge >= 0.3 is 6.18 Å². The van der Waals surface area contributed by atoms with E-state index >= 15 is 0 Å². The molecular formula is C23H17BrF4O2. The van der Waals surface area contributed by atoms with Crippen molar-refractivity contribution in [2.75, 3.05) is 0 Å². The molecule has 0 spiro atoms. The van der Waals surface area contributed by atoms with Crippen LogP contribution in [-0.4, -0.2) is 10.6 Å². The summed E-state index contributed by atoms with van der Waals surface area (Å²) in [6.45, 7) is 0.207. The molecule has 156 valence electrons. The molecule has 1 atom stereocenters. The lowest BCUT2D eigenvalue weighted by Crippen LogP contribution is -2.18. The van der Waals surface area contributed by atoms with Crippen molar-refractivity contribution in [3.05, 3.63) is 101 Å². The van der Waals surface area contributed by atoms with Crippen LogP contribution in [0.5, 0.6) is 5.75 Å². The van der Waals surface area contributed by atoms with Crippen LogP contribution < -0.4 is 4.74 Å². The first-order valence-corrected chi connectivity index (χ1v) is 9.96. The molecule has 2 nitrogen and oxygen atoms in total. The molecule has 0 N–H and O–H groups in total. The van der Waals surface area contributed by atoms with Crippen LogP contribution in [0.1, 0.15) is 27.0 Å². The maximum absolute atomic E-state index is 13.8. The molecule has 0 aliphatic heterocycles. The Balaban J connectivity index is 1.74. The number of carbonyl (C=O) groups excluding carboxylic acids is 1. The van der Waals surface area contributed by atoms with Gasteiger partial charge in [-0.3, -0.25) is 4.79 Å². The maximum atomic E-state index is 13.8. The van der Waals surface area contributed by atoms with Crippen LogP contribution in [0.3, 0.4) is 0 Å². The molecular weight excluding hydrogens is 464 g/mol. The number of ether oxygens (including phenoxy) is 1. The van der Waals surface area contributed by atoms with E-state index in [-0.39, 0.29) is 24.3 Å². The van der Waals surface area contributed by atoms with Gasteiger partial charge in [0.15, 0.2) is 5.78 Å². The van der Waals surface area contributed by atoms with Crippen LogP contribution in [0.15, 0.2) is 72.8 Å². The monoisotopic (exact) mass is 480 g/mol. The Kier molecular flexibility index (Phi) is 6.92. The summed E-state index contributed by atoms with van der Waals surface area (Å²) in [7, 11) is 0. The molecule has 3 rings (SSSR count). The Morgan fingerprint density at radius 1 is 0.933 bits per heavy atom. The number of benzene rings is 3. The number of Topliss-reactive ketones (excluding diaryl/α,β-unsaturated/α-hetero) is 1. The number of hydrogen-bond acceptors (Lipinski definition) is 2. The third kappa shape index (κ3) is 5.69. The highest BCUT2D eigenvalue weighted by Crippen LogP contribution is 2.30. The SMILES string of the molecule is O=C(c1cc(F)ccc1OCc1ccccc1)[C@H](Br)Cc1ccc(C(F)(F)F)cc1. The standard InChI is InChI=1S/C23H17BrF4O2/c24-20(12-15-6-8-17(9-7-15)23(26,27)28)22(29)19-13-18(25)10-11-21(19)30-14-16-4-2-1-3-5-16/h1-11,13,20H,12,14H2/t20-/m1/s1. The van der Waals surface area contributed by atoms with Gasteiger partial charge in [-0.1, -0.05) is 58.4 Å². The van der Waals surface area contributed by atoms with Crippen molar-refractivity contribution in [1.29, 1.82) is 0 Å². The number of hydrogen-bond donors (Lipinski definition) is 0. The third-order valence-electron chi connectivity index (χ3n) is 4.42. The zero-order valence-electron chi connectivity index (χ0n) is 15.6. The molecule has 3 aromatic rings. The fourth-order valence-corrected chi connectivity index (χ4v) is 3.47. The molecule has 0 radical (unpaired) electrons. The van der Waals surface area contributed by atoms with E-state index in [2.05, 4.69) is 15.9 Å². The van der Waals surface area contributed by atoms with Crippen molar-refractivity contribution in [2.45, 2.75) is 24.0 Å². The van der Waals surface area contributed by atoms with Crippen LogP contribution in [-0.2, 0) is 19.2 Å². The number of ketones is 1. The van der Waals surface area contributed by atoms with Gasteiger partial charge in [-0.05, 0) is 47.9 Å². The first kappa shape index (κ1) is 22.0. The lowest BCUT2D eigenvalue weighted by Gasteiger charge is -2.15. The minimum Gasteiger partial charge on any atom is -0.488 e. The normalized spacial score (nSPS) is 12.4. The molecule has 30 heavy (non-hydrogen) atoms. The summed E-state index contributed by atoms with van der Waals surface area (Å²) < 4.78 is 57.6. The Morgan fingerprint density at radius 2 is 1.60 bits per heavy atom. The number of rotatable bonds is 7. The van der Waals surface area contributed by atoms with Gasteiger partial charge < -0.3 is 4.74 Å². The lowest BCUT2D eigenvalue weighted by molar-refractivity contribution is -0.137. The molecule has 0 saturated heterocycles. The number of alkyl halides is 4. The van der Waals surface area contributed by atoms with Crippen LogP contribution >= 0.6 is 15.9 Å². The van der Waals surface area contributed by atoms with Crippen LogP contribution in [0, 0.1) is 5.82 Å². The molecule has 0 fully saturated rings.